The summed E-state index contributed by atoms with van der Waals surface area (Å²) in [5.41, 5.74) is 2.30. The van der Waals surface area contributed by atoms with Crippen LogP contribution in [0.15, 0.2) is 88.9 Å². The Bertz CT molecular complexity index is 1480. The van der Waals surface area contributed by atoms with Crippen LogP contribution in [-0.2, 0) is 6.54 Å². The zero-order valence-corrected chi connectivity index (χ0v) is 20.3. The van der Waals surface area contributed by atoms with E-state index in [0.717, 1.165) is 27.2 Å². The number of aromatic nitrogens is 1. The molecule has 5 nitrogen and oxygen atoms in total. The van der Waals surface area contributed by atoms with Gasteiger partial charge in [0, 0.05) is 22.3 Å². The van der Waals surface area contributed by atoms with Gasteiger partial charge in [-0.3, -0.25) is 9.59 Å². The van der Waals surface area contributed by atoms with Gasteiger partial charge in [-0.05, 0) is 54.6 Å². The normalized spacial score (nSPS) is 12.4. The third kappa shape index (κ3) is 4.75. The van der Waals surface area contributed by atoms with Crippen LogP contribution in [0.2, 0.25) is 10.0 Å². The van der Waals surface area contributed by atoms with Crippen molar-refractivity contribution < 1.29 is 14.0 Å². The topological polar surface area (TPSA) is 62.3 Å². The molecule has 0 bridgehead atoms. The molecule has 0 spiro atoms. The first-order valence-corrected chi connectivity index (χ1v) is 12.1. The molecule has 0 fully saturated rings. The maximum absolute atomic E-state index is 13.6. The van der Waals surface area contributed by atoms with Gasteiger partial charge < -0.3 is 10.2 Å². The first-order chi connectivity index (χ1) is 16.9. The molecule has 35 heavy (non-hydrogen) atoms. The first-order valence-electron chi connectivity index (χ1n) is 10.5. The highest BCUT2D eigenvalue weighted by Gasteiger charge is 2.27. The molecule has 4 aromatic rings. The van der Waals surface area contributed by atoms with Crippen molar-refractivity contribution in [1.82, 2.24) is 4.98 Å². The van der Waals surface area contributed by atoms with E-state index in [4.69, 9.17) is 23.2 Å². The number of carbonyl (C=O) groups excluding carboxylic acids is 2. The minimum absolute atomic E-state index is 0.00566. The van der Waals surface area contributed by atoms with Crippen molar-refractivity contribution in [2.75, 3.05) is 10.2 Å². The lowest BCUT2D eigenvalue weighted by Crippen LogP contribution is -2.30. The number of fused-ring (bicyclic) bond motifs is 2. The molecule has 9 heteroatoms. The SMILES string of the molecule is O=C(Nc1ccc(C(=O)N2Cc3cccnc3Sc3ccccc32)c(Cl)c1)c1cc(F)ccc1Cl. The van der Waals surface area contributed by atoms with Crippen LogP contribution in [0.5, 0.6) is 0 Å². The highest BCUT2D eigenvalue weighted by molar-refractivity contribution is 7.99. The van der Waals surface area contributed by atoms with Crippen LogP contribution >= 0.6 is 35.0 Å². The van der Waals surface area contributed by atoms with Crippen molar-refractivity contribution in [2.24, 2.45) is 0 Å². The van der Waals surface area contributed by atoms with E-state index >= 15 is 0 Å². The highest BCUT2D eigenvalue weighted by Crippen LogP contribution is 2.41. The van der Waals surface area contributed by atoms with Gasteiger partial charge in [0.2, 0.25) is 0 Å². The summed E-state index contributed by atoms with van der Waals surface area (Å²) in [5.74, 6) is -1.45. The van der Waals surface area contributed by atoms with E-state index in [1.807, 2.05) is 36.4 Å². The van der Waals surface area contributed by atoms with Crippen LogP contribution in [-0.4, -0.2) is 16.8 Å². The van der Waals surface area contributed by atoms with Crippen molar-refractivity contribution in [3.63, 3.8) is 0 Å². The number of amides is 2. The van der Waals surface area contributed by atoms with Crippen LogP contribution in [0.3, 0.4) is 0 Å². The van der Waals surface area contributed by atoms with E-state index in [1.54, 1.807) is 23.2 Å². The summed E-state index contributed by atoms with van der Waals surface area (Å²) in [5, 5.41) is 3.77. The smallest absolute Gasteiger partial charge is 0.260 e. The molecule has 2 amide bonds. The summed E-state index contributed by atoms with van der Waals surface area (Å²) in [6.07, 6.45) is 1.73. The molecule has 0 aliphatic carbocycles. The minimum atomic E-state index is -0.591. The highest BCUT2D eigenvalue weighted by atomic mass is 35.5. The zero-order valence-electron chi connectivity index (χ0n) is 18.0. The summed E-state index contributed by atoms with van der Waals surface area (Å²) in [4.78, 5) is 33.3. The number of nitrogens with one attached hydrogen (secondary N) is 1. The van der Waals surface area contributed by atoms with Crippen molar-refractivity contribution in [2.45, 2.75) is 16.5 Å². The van der Waals surface area contributed by atoms with Gasteiger partial charge in [0.15, 0.2) is 0 Å². The average Bonchev–Trinajstić information content (AvgIpc) is 3.02. The Morgan fingerprint density at radius 3 is 2.60 bits per heavy atom. The summed E-state index contributed by atoms with van der Waals surface area (Å²) in [6, 6.07) is 19.5. The maximum Gasteiger partial charge on any atom is 0.260 e. The average molecular weight is 524 g/mol. The van der Waals surface area contributed by atoms with Crippen LogP contribution in [0.25, 0.3) is 0 Å². The van der Waals surface area contributed by atoms with Gasteiger partial charge >= 0.3 is 0 Å². The first kappa shape index (κ1) is 23.4. The fourth-order valence-corrected chi connectivity index (χ4v) is 5.21. The number of halogens is 3. The second-order valence-corrected chi connectivity index (χ2v) is 9.55. The van der Waals surface area contributed by atoms with Crippen LogP contribution in [0.4, 0.5) is 15.8 Å². The number of rotatable bonds is 3. The van der Waals surface area contributed by atoms with Gasteiger partial charge in [-0.15, -0.1) is 0 Å². The zero-order chi connectivity index (χ0) is 24.5. The fourth-order valence-electron chi connectivity index (χ4n) is 3.73. The fraction of sp³-hybridized carbons (Fsp3) is 0.0385. The summed E-state index contributed by atoms with van der Waals surface area (Å²) >= 11 is 14.0. The number of hydrogen-bond donors (Lipinski definition) is 1. The molecule has 1 aromatic heterocycles. The molecule has 0 radical (unpaired) electrons. The largest absolute Gasteiger partial charge is 0.322 e. The Morgan fingerprint density at radius 2 is 1.77 bits per heavy atom. The number of hydrogen-bond acceptors (Lipinski definition) is 4. The lowest BCUT2D eigenvalue weighted by molar-refractivity contribution is 0.0983. The molecular formula is C26H16Cl2FN3O2S. The molecular weight excluding hydrogens is 508 g/mol. The van der Waals surface area contributed by atoms with E-state index < -0.39 is 11.7 Å². The molecule has 1 aliphatic heterocycles. The third-order valence-electron chi connectivity index (χ3n) is 5.42. The Balaban J connectivity index is 1.44. The summed E-state index contributed by atoms with van der Waals surface area (Å²) < 4.78 is 13.5. The van der Waals surface area contributed by atoms with Crippen molar-refractivity contribution >= 4 is 58.2 Å². The van der Waals surface area contributed by atoms with E-state index in [-0.39, 0.29) is 27.1 Å². The summed E-state index contributed by atoms with van der Waals surface area (Å²) in [6.45, 7) is 0.332. The molecule has 3 aromatic carbocycles. The van der Waals surface area contributed by atoms with Crippen LogP contribution in [0, 0.1) is 5.82 Å². The number of benzene rings is 3. The third-order valence-corrected chi connectivity index (χ3v) is 7.19. The van der Waals surface area contributed by atoms with Gasteiger partial charge in [-0.2, -0.15) is 0 Å². The van der Waals surface area contributed by atoms with Crippen molar-refractivity contribution in [1.29, 1.82) is 0 Å². The Kier molecular flexibility index (Phi) is 6.47. The predicted molar refractivity (Wildman–Crippen MR) is 136 cm³/mol. The van der Waals surface area contributed by atoms with Crippen molar-refractivity contribution in [3.05, 3.63) is 112 Å². The Morgan fingerprint density at radius 1 is 0.943 bits per heavy atom. The molecule has 0 saturated heterocycles. The molecule has 0 unspecified atom stereocenters. The standard InChI is InChI=1S/C26H16Cl2FN3O2S/c27-20-10-7-16(29)12-19(20)24(33)31-17-8-9-18(21(28)13-17)26(34)32-14-15-4-3-11-30-25(15)35-23-6-2-1-5-22(23)32/h1-13H,14H2,(H,31,33). The van der Waals surface area contributed by atoms with Gasteiger partial charge in [0.05, 0.1) is 33.4 Å². The van der Waals surface area contributed by atoms with Gasteiger partial charge in [0.1, 0.15) is 10.8 Å². The number of anilines is 2. The Labute approximate surface area is 214 Å². The number of para-hydroxylation sites is 1. The van der Waals surface area contributed by atoms with E-state index in [1.165, 1.54) is 30.0 Å². The molecule has 0 atom stereocenters. The predicted octanol–water partition coefficient (Wildman–Crippen LogP) is 7.09. The molecule has 174 valence electrons. The molecule has 5 rings (SSSR count). The van der Waals surface area contributed by atoms with Crippen LogP contribution < -0.4 is 10.2 Å². The van der Waals surface area contributed by atoms with Crippen molar-refractivity contribution in [3.8, 4) is 0 Å². The monoisotopic (exact) mass is 523 g/mol. The summed E-state index contributed by atoms with van der Waals surface area (Å²) in [7, 11) is 0. The lowest BCUT2D eigenvalue weighted by atomic mass is 10.1. The minimum Gasteiger partial charge on any atom is -0.322 e. The maximum atomic E-state index is 13.6. The van der Waals surface area contributed by atoms with E-state index in [2.05, 4.69) is 10.3 Å². The number of nitrogens with zero attached hydrogens (tertiary/aromatic N) is 2. The quantitative estimate of drug-likeness (QED) is 0.311. The second kappa shape index (κ2) is 9.70. The molecule has 1 N–H and O–H groups in total. The van der Waals surface area contributed by atoms with Gasteiger partial charge in [0.25, 0.3) is 11.8 Å². The molecule has 2 heterocycles. The van der Waals surface area contributed by atoms with Gasteiger partial charge in [-0.25, -0.2) is 9.37 Å². The number of carbonyl (C=O) groups is 2. The lowest BCUT2D eigenvalue weighted by Gasteiger charge is -2.23. The number of pyridine rings is 1. The molecule has 0 saturated carbocycles. The second-order valence-electron chi connectivity index (χ2n) is 7.70. The van der Waals surface area contributed by atoms with E-state index in [0.29, 0.717) is 12.2 Å². The Hall–Kier alpha value is -3.39. The van der Waals surface area contributed by atoms with E-state index in [9.17, 15) is 14.0 Å². The van der Waals surface area contributed by atoms with Gasteiger partial charge in [-0.1, -0.05) is 53.2 Å². The van der Waals surface area contributed by atoms with Crippen LogP contribution in [0.1, 0.15) is 26.3 Å². The molecule has 1 aliphatic rings.